The van der Waals surface area contributed by atoms with Crippen molar-refractivity contribution in [2.45, 2.75) is 45.2 Å². The molecule has 0 spiro atoms. The van der Waals surface area contributed by atoms with Crippen LogP contribution in [0.3, 0.4) is 0 Å². The molecule has 160 valence electrons. The van der Waals surface area contributed by atoms with Crippen LogP contribution >= 0.6 is 0 Å². The van der Waals surface area contributed by atoms with Crippen LogP contribution in [0.2, 0.25) is 0 Å². The SMILES string of the molecule is COC(=O)Cc1c(C)c2ccc3c(c2oc1=O)C[NH+]([C@H]1CCCc2ccccc21)CO3. The third kappa shape index (κ3) is 3.41. The molecule has 0 saturated carbocycles. The van der Waals surface area contributed by atoms with E-state index in [0.717, 1.165) is 41.6 Å². The molecule has 2 aromatic carbocycles. The summed E-state index contributed by atoms with van der Waals surface area (Å²) in [7, 11) is 1.31. The van der Waals surface area contributed by atoms with E-state index in [1.54, 1.807) is 0 Å². The molecule has 5 rings (SSSR count). The van der Waals surface area contributed by atoms with Crippen LogP contribution in [0.5, 0.6) is 5.75 Å². The molecule has 3 aromatic rings. The Morgan fingerprint density at radius 1 is 1.23 bits per heavy atom. The first kappa shape index (κ1) is 19.8. The van der Waals surface area contributed by atoms with E-state index in [2.05, 4.69) is 24.3 Å². The van der Waals surface area contributed by atoms with Gasteiger partial charge in [-0.3, -0.25) is 9.69 Å². The fraction of sp³-hybridized carbons (Fsp3) is 0.360. The van der Waals surface area contributed by atoms with Crippen molar-refractivity contribution in [3.8, 4) is 5.75 Å². The highest BCUT2D eigenvalue weighted by Crippen LogP contribution is 2.33. The fourth-order valence-electron chi connectivity index (χ4n) is 5.07. The summed E-state index contributed by atoms with van der Waals surface area (Å²) in [6, 6.07) is 12.9. The molecule has 1 aliphatic carbocycles. The molecule has 0 bridgehead atoms. The average Bonchev–Trinajstić information content (AvgIpc) is 2.80. The smallest absolute Gasteiger partial charge is 0.340 e. The molecule has 0 radical (unpaired) electrons. The first-order valence-corrected chi connectivity index (χ1v) is 10.8. The van der Waals surface area contributed by atoms with Crippen molar-refractivity contribution in [3.63, 3.8) is 0 Å². The zero-order valence-corrected chi connectivity index (χ0v) is 17.8. The molecule has 0 amide bonds. The molecule has 31 heavy (non-hydrogen) atoms. The maximum absolute atomic E-state index is 12.7. The van der Waals surface area contributed by atoms with E-state index < -0.39 is 11.6 Å². The van der Waals surface area contributed by atoms with Gasteiger partial charge in [0.05, 0.1) is 24.7 Å². The zero-order valence-electron chi connectivity index (χ0n) is 17.8. The predicted octanol–water partition coefficient (Wildman–Crippen LogP) is 2.63. The van der Waals surface area contributed by atoms with E-state index in [0.29, 0.717) is 23.9 Å². The van der Waals surface area contributed by atoms with Gasteiger partial charge in [-0.05, 0) is 43.0 Å². The number of hydrogen-bond donors (Lipinski definition) is 1. The van der Waals surface area contributed by atoms with Gasteiger partial charge in [0, 0.05) is 17.4 Å². The van der Waals surface area contributed by atoms with Crippen molar-refractivity contribution in [1.29, 1.82) is 0 Å². The van der Waals surface area contributed by atoms with Crippen LogP contribution in [0.1, 0.15) is 46.7 Å². The lowest BCUT2D eigenvalue weighted by Crippen LogP contribution is -3.12. The monoisotopic (exact) mass is 420 g/mol. The number of fused-ring (bicyclic) bond motifs is 4. The Morgan fingerprint density at radius 3 is 2.90 bits per heavy atom. The van der Waals surface area contributed by atoms with Crippen molar-refractivity contribution in [2.75, 3.05) is 13.8 Å². The van der Waals surface area contributed by atoms with E-state index in [9.17, 15) is 9.59 Å². The molecule has 0 fully saturated rings. The lowest BCUT2D eigenvalue weighted by molar-refractivity contribution is -0.963. The van der Waals surface area contributed by atoms with Crippen molar-refractivity contribution in [1.82, 2.24) is 0 Å². The Hall–Kier alpha value is -3.12. The lowest BCUT2D eigenvalue weighted by Gasteiger charge is -2.35. The highest BCUT2D eigenvalue weighted by molar-refractivity contribution is 5.87. The van der Waals surface area contributed by atoms with Crippen molar-refractivity contribution >= 4 is 16.9 Å². The van der Waals surface area contributed by atoms with Gasteiger partial charge in [-0.25, -0.2) is 4.79 Å². The largest absolute Gasteiger partial charge is 0.469 e. The number of hydrogen-bond acceptors (Lipinski definition) is 5. The minimum Gasteiger partial charge on any atom is -0.469 e. The number of carbonyl (C=O) groups is 1. The highest BCUT2D eigenvalue weighted by Gasteiger charge is 2.34. The summed E-state index contributed by atoms with van der Waals surface area (Å²) < 4.78 is 16.6. The standard InChI is InChI=1S/C25H25NO5/c1-15-17-10-11-22-20(24(17)31-25(28)19(15)12-23(27)29-2)13-26(14-30-22)21-9-5-7-16-6-3-4-8-18(16)21/h3-4,6,8,10-11,21H,5,7,9,12-14H2,1-2H3/p+1/t21-/m0/s1. The molecule has 6 heteroatoms. The number of carbonyl (C=O) groups excluding carboxylic acids is 1. The maximum Gasteiger partial charge on any atom is 0.340 e. The first-order valence-electron chi connectivity index (χ1n) is 10.8. The molecule has 1 aromatic heterocycles. The number of nitrogens with one attached hydrogen (secondary N) is 1. The topological polar surface area (TPSA) is 70.2 Å². The molecular weight excluding hydrogens is 394 g/mol. The number of methoxy groups -OCH3 is 1. The summed E-state index contributed by atoms with van der Waals surface area (Å²) in [6.45, 7) is 3.17. The molecule has 0 saturated heterocycles. The predicted molar refractivity (Wildman–Crippen MR) is 115 cm³/mol. The number of ether oxygens (including phenoxy) is 2. The van der Waals surface area contributed by atoms with Crippen LogP contribution in [0.4, 0.5) is 0 Å². The molecule has 2 aliphatic rings. The normalized spacial score (nSPS) is 19.9. The van der Waals surface area contributed by atoms with Crippen LogP contribution in [-0.2, 0) is 28.9 Å². The van der Waals surface area contributed by atoms with Gasteiger partial charge < -0.3 is 13.9 Å². The van der Waals surface area contributed by atoms with Crippen LogP contribution in [0, 0.1) is 6.92 Å². The summed E-state index contributed by atoms with van der Waals surface area (Å²) in [6.07, 6.45) is 3.31. The summed E-state index contributed by atoms with van der Waals surface area (Å²) in [5.41, 5.74) is 4.93. The van der Waals surface area contributed by atoms with Crippen LogP contribution in [0.25, 0.3) is 11.0 Å². The Morgan fingerprint density at radius 2 is 2.06 bits per heavy atom. The zero-order chi connectivity index (χ0) is 21.5. The van der Waals surface area contributed by atoms with Crippen molar-refractivity contribution < 1.29 is 23.6 Å². The quantitative estimate of drug-likeness (QED) is 0.521. The van der Waals surface area contributed by atoms with Gasteiger partial charge in [-0.1, -0.05) is 24.3 Å². The Balaban J connectivity index is 1.55. The van der Waals surface area contributed by atoms with E-state index in [-0.39, 0.29) is 6.42 Å². The Labute approximate surface area is 180 Å². The van der Waals surface area contributed by atoms with Gasteiger partial charge >= 0.3 is 11.6 Å². The maximum atomic E-state index is 12.7. The van der Waals surface area contributed by atoms with E-state index in [1.165, 1.54) is 29.6 Å². The minimum atomic E-state index is -0.487. The van der Waals surface area contributed by atoms with Gasteiger partial charge in [-0.2, -0.15) is 0 Å². The van der Waals surface area contributed by atoms with Gasteiger partial charge in [0.25, 0.3) is 0 Å². The van der Waals surface area contributed by atoms with E-state index in [4.69, 9.17) is 13.9 Å². The van der Waals surface area contributed by atoms with Gasteiger partial charge in [0.1, 0.15) is 18.3 Å². The second-order valence-electron chi connectivity index (χ2n) is 8.43. The van der Waals surface area contributed by atoms with Crippen LogP contribution < -0.4 is 15.3 Å². The van der Waals surface area contributed by atoms with Crippen molar-refractivity contribution in [2.24, 2.45) is 0 Å². The fourth-order valence-corrected chi connectivity index (χ4v) is 5.07. The lowest BCUT2D eigenvalue weighted by atomic mass is 9.86. The van der Waals surface area contributed by atoms with Gasteiger partial charge in [-0.15, -0.1) is 0 Å². The Bertz CT molecular complexity index is 1230. The number of esters is 1. The summed E-state index contributed by atoms with van der Waals surface area (Å²) in [4.78, 5) is 25.8. The van der Waals surface area contributed by atoms with Crippen molar-refractivity contribution in [3.05, 3.63) is 74.6 Å². The molecule has 6 nitrogen and oxygen atoms in total. The van der Waals surface area contributed by atoms with Gasteiger partial charge in [0.2, 0.25) is 6.73 Å². The first-order chi connectivity index (χ1) is 15.1. The summed E-state index contributed by atoms with van der Waals surface area (Å²) in [5, 5.41) is 0.839. The Kier molecular flexibility index (Phi) is 5.02. The third-order valence-electron chi connectivity index (χ3n) is 6.74. The van der Waals surface area contributed by atoms with E-state index in [1.807, 2.05) is 19.1 Å². The highest BCUT2D eigenvalue weighted by atomic mass is 16.5. The number of benzene rings is 2. The number of rotatable bonds is 3. The van der Waals surface area contributed by atoms with Crippen LogP contribution in [-0.4, -0.2) is 19.8 Å². The second kappa shape index (κ2) is 7.85. The molecule has 1 unspecified atom stereocenters. The molecule has 1 N–H and O–H groups in total. The third-order valence-corrected chi connectivity index (χ3v) is 6.74. The summed E-state index contributed by atoms with van der Waals surface area (Å²) in [5.74, 6) is 0.311. The minimum absolute atomic E-state index is 0.0928. The second-order valence-corrected chi connectivity index (χ2v) is 8.43. The number of aryl methyl sites for hydroxylation is 2. The molecular formula is C25H26NO5+. The molecule has 2 heterocycles. The van der Waals surface area contributed by atoms with E-state index >= 15 is 0 Å². The molecule has 2 atom stereocenters. The molecule has 1 aliphatic heterocycles. The summed E-state index contributed by atoms with van der Waals surface area (Å²) >= 11 is 0. The average molecular weight is 420 g/mol. The van der Waals surface area contributed by atoms with Gasteiger partial charge in [0.15, 0.2) is 5.58 Å². The number of quaternary nitrogens is 1. The van der Waals surface area contributed by atoms with Crippen LogP contribution in [0.15, 0.2) is 45.6 Å².